The number of benzene rings is 1. The molecule has 2 rings (SSSR count). The SMILES string of the molecule is CC(C)CSCc1nc(CC(N)c2ccccc2)cs1. The van der Waals surface area contributed by atoms with E-state index in [2.05, 4.69) is 31.4 Å². The standard InChI is InChI=1S/C16H22N2S2/c1-12(2)9-19-11-16-18-14(10-20-16)8-15(17)13-6-4-3-5-7-13/h3-7,10,12,15H,8-9,11,17H2,1-2H3. The molecule has 1 atom stereocenters. The summed E-state index contributed by atoms with van der Waals surface area (Å²) in [5.41, 5.74) is 8.53. The van der Waals surface area contributed by atoms with E-state index in [-0.39, 0.29) is 6.04 Å². The third kappa shape index (κ3) is 4.93. The number of aromatic nitrogens is 1. The molecule has 4 heteroatoms. The van der Waals surface area contributed by atoms with Gasteiger partial charge >= 0.3 is 0 Å². The molecule has 1 unspecified atom stereocenters. The normalized spacial score (nSPS) is 12.8. The van der Waals surface area contributed by atoms with E-state index >= 15 is 0 Å². The Morgan fingerprint density at radius 3 is 2.70 bits per heavy atom. The monoisotopic (exact) mass is 306 g/mol. The Balaban J connectivity index is 1.86. The van der Waals surface area contributed by atoms with E-state index in [1.807, 2.05) is 30.0 Å². The predicted octanol–water partition coefficient (Wildman–Crippen LogP) is 4.27. The van der Waals surface area contributed by atoms with Gasteiger partial charge in [-0.2, -0.15) is 11.8 Å². The minimum absolute atomic E-state index is 0.0365. The lowest BCUT2D eigenvalue weighted by molar-refractivity contribution is 0.709. The number of rotatable bonds is 7. The van der Waals surface area contributed by atoms with Gasteiger partial charge in [0.25, 0.3) is 0 Å². The zero-order chi connectivity index (χ0) is 14.4. The highest BCUT2D eigenvalue weighted by Crippen LogP contribution is 2.21. The number of nitrogens with two attached hydrogens (primary N) is 1. The molecule has 20 heavy (non-hydrogen) atoms. The molecule has 2 N–H and O–H groups in total. The number of hydrogen-bond acceptors (Lipinski definition) is 4. The van der Waals surface area contributed by atoms with E-state index in [1.165, 1.54) is 16.3 Å². The maximum Gasteiger partial charge on any atom is 0.103 e. The summed E-state index contributed by atoms with van der Waals surface area (Å²) in [5, 5.41) is 3.36. The second-order valence-electron chi connectivity index (χ2n) is 5.36. The predicted molar refractivity (Wildman–Crippen MR) is 90.2 cm³/mol. The van der Waals surface area contributed by atoms with Crippen LogP contribution in [0.5, 0.6) is 0 Å². The van der Waals surface area contributed by atoms with Crippen LogP contribution in [0.25, 0.3) is 0 Å². The van der Waals surface area contributed by atoms with Crippen LogP contribution in [0, 0.1) is 5.92 Å². The molecule has 0 aliphatic rings. The average Bonchev–Trinajstić information content (AvgIpc) is 2.87. The van der Waals surface area contributed by atoms with E-state index in [4.69, 9.17) is 10.7 Å². The Morgan fingerprint density at radius 1 is 1.25 bits per heavy atom. The van der Waals surface area contributed by atoms with Gasteiger partial charge in [-0.25, -0.2) is 4.98 Å². The highest BCUT2D eigenvalue weighted by molar-refractivity contribution is 7.98. The first kappa shape index (κ1) is 15.5. The van der Waals surface area contributed by atoms with Gasteiger partial charge in [-0.05, 0) is 17.2 Å². The Kier molecular flexibility index (Phi) is 6.07. The molecule has 2 aromatic rings. The van der Waals surface area contributed by atoms with Crippen LogP contribution in [0.3, 0.4) is 0 Å². The van der Waals surface area contributed by atoms with E-state index < -0.39 is 0 Å². The molecule has 108 valence electrons. The molecule has 1 heterocycles. The molecule has 0 amide bonds. The lowest BCUT2D eigenvalue weighted by atomic mass is 10.0. The summed E-state index contributed by atoms with van der Waals surface area (Å²) in [5.74, 6) is 2.95. The van der Waals surface area contributed by atoms with Crippen molar-refractivity contribution in [2.24, 2.45) is 11.7 Å². The minimum Gasteiger partial charge on any atom is -0.324 e. The number of thiazole rings is 1. The fourth-order valence-electron chi connectivity index (χ4n) is 1.93. The third-order valence-corrected chi connectivity index (χ3v) is 5.39. The van der Waals surface area contributed by atoms with Crippen molar-refractivity contribution in [2.45, 2.75) is 32.1 Å². The fourth-order valence-corrected chi connectivity index (χ4v) is 3.88. The molecule has 1 aromatic carbocycles. The summed E-state index contributed by atoms with van der Waals surface area (Å²) in [4.78, 5) is 4.69. The average molecular weight is 306 g/mol. The number of nitrogens with zero attached hydrogens (tertiary/aromatic N) is 1. The van der Waals surface area contributed by atoms with Crippen LogP contribution in [0.1, 0.15) is 36.2 Å². The highest BCUT2D eigenvalue weighted by atomic mass is 32.2. The van der Waals surface area contributed by atoms with Gasteiger partial charge in [0.15, 0.2) is 0 Å². The van der Waals surface area contributed by atoms with Gasteiger partial charge in [-0.1, -0.05) is 44.2 Å². The number of hydrogen-bond donors (Lipinski definition) is 1. The Hall–Kier alpha value is -0.840. The summed E-state index contributed by atoms with van der Waals surface area (Å²) in [7, 11) is 0. The van der Waals surface area contributed by atoms with Crippen molar-refractivity contribution in [1.29, 1.82) is 0 Å². The molecule has 0 bridgehead atoms. The van der Waals surface area contributed by atoms with Crippen molar-refractivity contribution in [3.63, 3.8) is 0 Å². The summed E-state index contributed by atoms with van der Waals surface area (Å²) < 4.78 is 0. The zero-order valence-corrected chi connectivity index (χ0v) is 13.7. The first-order chi connectivity index (χ1) is 9.65. The summed E-state index contributed by atoms with van der Waals surface area (Å²) in [6, 6.07) is 10.3. The maximum atomic E-state index is 6.24. The fraction of sp³-hybridized carbons (Fsp3) is 0.438. The summed E-state index contributed by atoms with van der Waals surface area (Å²) in [6.07, 6.45) is 0.815. The van der Waals surface area contributed by atoms with Crippen LogP contribution in [-0.2, 0) is 12.2 Å². The van der Waals surface area contributed by atoms with E-state index in [1.54, 1.807) is 11.3 Å². The Labute approximate surface area is 129 Å². The first-order valence-electron chi connectivity index (χ1n) is 6.96. The van der Waals surface area contributed by atoms with Crippen LogP contribution in [0.2, 0.25) is 0 Å². The highest BCUT2D eigenvalue weighted by Gasteiger charge is 2.10. The van der Waals surface area contributed by atoms with Crippen molar-refractivity contribution < 1.29 is 0 Å². The van der Waals surface area contributed by atoms with Gasteiger partial charge < -0.3 is 5.73 Å². The van der Waals surface area contributed by atoms with Crippen LogP contribution >= 0.6 is 23.1 Å². The van der Waals surface area contributed by atoms with Crippen LogP contribution in [0.15, 0.2) is 35.7 Å². The molecule has 0 fully saturated rings. The second kappa shape index (κ2) is 7.81. The van der Waals surface area contributed by atoms with E-state index in [0.29, 0.717) is 0 Å². The van der Waals surface area contributed by atoms with Crippen molar-refractivity contribution in [3.8, 4) is 0 Å². The van der Waals surface area contributed by atoms with Gasteiger partial charge in [0.1, 0.15) is 5.01 Å². The van der Waals surface area contributed by atoms with Crippen LogP contribution in [0.4, 0.5) is 0 Å². The molecular weight excluding hydrogens is 284 g/mol. The molecule has 0 saturated carbocycles. The van der Waals surface area contributed by atoms with Crippen LogP contribution in [-0.4, -0.2) is 10.7 Å². The van der Waals surface area contributed by atoms with Crippen molar-refractivity contribution in [1.82, 2.24) is 4.98 Å². The Bertz CT molecular complexity index is 508. The molecule has 0 aliphatic carbocycles. The summed E-state index contributed by atoms with van der Waals surface area (Å²) >= 11 is 3.71. The van der Waals surface area contributed by atoms with Crippen molar-refractivity contribution in [2.75, 3.05) is 5.75 Å². The molecule has 0 aliphatic heterocycles. The topological polar surface area (TPSA) is 38.9 Å². The van der Waals surface area contributed by atoms with Crippen molar-refractivity contribution in [3.05, 3.63) is 52.0 Å². The second-order valence-corrected chi connectivity index (χ2v) is 7.34. The molecule has 0 saturated heterocycles. The van der Waals surface area contributed by atoms with Gasteiger partial charge in [-0.3, -0.25) is 0 Å². The number of thioether (sulfide) groups is 1. The molecule has 0 spiro atoms. The summed E-state index contributed by atoms with van der Waals surface area (Å²) in [6.45, 7) is 4.50. The zero-order valence-electron chi connectivity index (χ0n) is 12.1. The van der Waals surface area contributed by atoms with E-state index in [0.717, 1.165) is 23.8 Å². The molecule has 0 radical (unpaired) electrons. The maximum absolute atomic E-state index is 6.24. The van der Waals surface area contributed by atoms with Crippen molar-refractivity contribution >= 4 is 23.1 Å². The van der Waals surface area contributed by atoms with Gasteiger partial charge in [0.2, 0.25) is 0 Å². The molecule has 2 nitrogen and oxygen atoms in total. The lowest BCUT2D eigenvalue weighted by Gasteiger charge is -2.09. The largest absolute Gasteiger partial charge is 0.324 e. The quantitative estimate of drug-likeness (QED) is 0.830. The minimum atomic E-state index is 0.0365. The first-order valence-corrected chi connectivity index (χ1v) is 9.00. The molecular formula is C16H22N2S2. The lowest BCUT2D eigenvalue weighted by Crippen LogP contribution is -2.13. The molecule has 1 aromatic heterocycles. The Morgan fingerprint density at radius 2 is 2.00 bits per heavy atom. The van der Waals surface area contributed by atoms with Crippen LogP contribution < -0.4 is 5.73 Å². The van der Waals surface area contributed by atoms with Gasteiger partial charge in [-0.15, -0.1) is 11.3 Å². The van der Waals surface area contributed by atoms with Gasteiger partial charge in [0, 0.05) is 23.6 Å². The van der Waals surface area contributed by atoms with Gasteiger partial charge in [0.05, 0.1) is 5.69 Å². The third-order valence-electron chi connectivity index (χ3n) is 2.93. The van der Waals surface area contributed by atoms with E-state index in [9.17, 15) is 0 Å². The smallest absolute Gasteiger partial charge is 0.103 e.